The number of rotatable bonds is 4. The molecule has 0 amide bonds. The van der Waals surface area contributed by atoms with Crippen molar-refractivity contribution in [2.24, 2.45) is 5.10 Å². The van der Waals surface area contributed by atoms with Gasteiger partial charge in [0.05, 0.1) is 6.21 Å². The standard InChI is InChI=1S/C18H20FN3/c19-18-8-6-16(7-9-18)14-20-22-12-10-21(11-13-22)15-17-4-2-1-3-5-17/h1-9,14H,10-13,15H2. The van der Waals surface area contributed by atoms with E-state index >= 15 is 0 Å². The van der Waals surface area contributed by atoms with E-state index < -0.39 is 0 Å². The Kier molecular flexibility index (Phi) is 4.81. The summed E-state index contributed by atoms with van der Waals surface area (Å²) in [5.74, 6) is -0.216. The van der Waals surface area contributed by atoms with Crippen LogP contribution in [0, 0.1) is 5.82 Å². The molecule has 3 nitrogen and oxygen atoms in total. The second kappa shape index (κ2) is 7.18. The minimum Gasteiger partial charge on any atom is -0.295 e. The van der Waals surface area contributed by atoms with Crippen molar-refractivity contribution in [3.8, 4) is 0 Å². The fraction of sp³-hybridized carbons (Fsp3) is 0.278. The number of benzene rings is 2. The number of hydrazone groups is 1. The molecule has 114 valence electrons. The third-order valence-electron chi connectivity index (χ3n) is 3.84. The minimum absolute atomic E-state index is 0.216. The summed E-state index contributed by atoms with van der Waals surface area (Å²) in [7, 11) is 0. The van der Waals surface area contributed by atoms with Crippen molar-refractivity contribution in [1.29, 1.82) is 0 Å². The molecule has 0 aliphatic carbocycles. The summed E-state index contributed by atoms with van der Waals surface area (Å²) < 4.78 is 12.8. The van der Waals surface area contributed by atoms with E-state index in [-0.39, 0.29) is 5.82 Å². The molecular weight excluding hydrogens is 277 g/mol. The Morgan fingerprint density at radius 3 is 2.27 bits per heavy atom. The molecule has 1 aliphatic heterocycles. The molecule has 1 heterocycles. The van der Waals surface area contributed by atoms with Crippen LogP contribution in [0.4, 0.5) is 4.39 Å². The Bertz CT molecular complexity index is 602. The lowest BCUT2D eigenvalue weighted by atomic mass is 10.2. The monoisotopic (exact) mass is 297 g/mol. The normalized spacial score (nSPS) is 16.3. The Balaban J connectivity index is 1.48. The third kappa shape index (κ3) is 4.15. The van der Waals surface area contributed by atoms with E-state index in [0.29, 0.717) is 0 Å². The van der Waals surface area contributed by atoms with Gasteiger partial charge in [-0.15, -0.1) is 0 Å². The highest BCUT2D eigenvalue weighted by atomic mass is 19.1. The van der Waals surface area contributed by atoms with Gasteiger partial charge in [0.25, 0.3) is 0 Å². The molecule has 2 aromatic rings. The number of hydrogen-bond acceptors (Lipinski definition) is 3. The summed E-state index contributed by atoms with van der Waals surface area (Å²) in [6.07, 6.45) is 1.80. The van der Waals surface area contributed by atoms with Gasteiger partial charge in [0.15, 0.2) is 0 Å². The molecule has 0 unspecified atom stereocenters. The molecule has 0 radical (unpaired) electrons. The first-order valence-corrected chi connectivity index (χ1v) is 7.60. The summed E-state index contributed by atoms with van der Waals surface area (Å²) in [5.41, 5.74) is 2.28. The molecule has 0 atom stereocenters. The van der Waals surface area contributed by atoms with E-state index in [1.165, 1.54) is 17.7 Å². The highest BCUT2D eigenvalue weighted by molar-refractivity contribution is 5.79. The fourth-order valence-corrected chi connectivity index (χ4v) is 2.55. The molecule has 0 bridgehead atoms. The van der Waals surface area contributed by atoms with E-state index in [0.717, 1.165) is 38.3 Å². The smallest absolute Gasteiger partial charge is 0.123 e. The van der Waals surface area contributed by atoms with Gasteiger partial charge in [-0.25, -0.2) is 4.39 Å². The van der Waals surface area contributed by atoms with Crippen LogP contribution in [-0.4, -0.2) is 42.3 Å². The van der Waals surface area contributed by atoms with Crippen molar-refractivity contribution in [2.75, 3.05) is 26.2 Å². The van der Waals surface area contributed by atoms with Gasteiger partial charge in [-0.3, -0.25) is 9.91 Å². The molecule has 22 heavy (non-hydrogen) atoms. The first-order valence-electron chi connectivity index (χ1n) is 7.60. The summed E-state index contributed by atoms with van der Waals surface area (Å²) in [5, 5.41) is 6.56. The lowest BCUT2D eigenvalue weighted by Gasteiger charge is -2.33. The molecule has 0 aromatic heterocycles. The van der Waals surface area contributed by atoms with Crippen LogP contribution in [0.3, 0.4) is 0 Å². The zero-order valence-corrected chi connectivity index (χ0v) is 12.5. The van der Waals surface area contributed by atoms with Crippen molar-refractivity contribution in [3.63, 3.8) is 0 Å². The number of piperazine rings is 1. The SMILES string of the molecule is Fc1ccc(C=NN2CCN(Cc3ccccc3)CC2)cc1. The Morgan fingerprint density at radius 1 is 0.909 bits per heavy atom. The van der Waals surface area contributed by atoms with Crippen LogP contribution in [0.5, 0.6) is 0 Å². The highest BCUT2D eigenvalue weighted by Crippen LogP contribution is 2.09. The van der Waals surface area contributed by atoms with Crippen LogP contribution in [0.15, 0.2) is 59.7 Å². The molecule has 1 saturated heterocycles. The van der Waals surface area contributed by atoms with Crippen molar-refractivity contribution >= 4 is 6.21 Å². The molecule has 0 saturated carbocycles. The fourth-order valence-electron chi connectivity index (χ4n) is 2.55. The average molecular weight is 297 g/mol. The van der Waals surface area contributed by atoms with Gasteiger partial charge in [0.2, 0.25) is 0 Å². The van der Waals surface area contributed by atoms with Crippen LogP contribution in [0.2, 0.25) is 0 Å². The number of hydrogen-bond donors (Lipinski definition) is 0. The maximum Gasteiger partial charge on any atom is 0.123 e. The number of nitrogens with zero attached hydrogens (tertiary/aromatic N) is 3. The van der Waals surface area contributed by atoms with Crippen molar-refractivity contribution in [3.05, 3.63) is 71.5 Å². The Labute approximate surface area is 130 Å². The van der Waals surface area contributed by atoms with E-state index in [1.54, 1.807) is 18.3 Å². The average Bonchev–Trinajstić information content (AvgIpc) is 2.57. The van der Waals surface area contributed by atoms with Gasteiger partial charge in [0.1, 0.15) is 5.82 Å². The Hall–Kier alpha value is -2.20. The summed E-state index contributed by atoms with van der Waals surface area (Å²) in [6.45, 7) is 4.86. The second-order valence-corrected chi connectivity index (χ2v) is 5.51. The highest BCUT2D eigenvalue weighted by Gasteiger charge is 2.15. The van der Waals surface area contributed by atoms with E-state index in [2.05, 4.69) is 39.3 Å². The molecule has 1 aliphatic rings. The van der Waals surface area contributed by atoms with Crippen LogP contribution in [0.25, 0.3) is 0 Å². The van der Waals surface area contributed by atoms with Gasteiger partial charge in [0, 0.05) is 32.7 Å². The maximum atomic E-state index is 12.8. The lowest BCUT2D eigenvalue weighted by molar-refractivity contribution is 0.131. The van der Waals surface area contributed by atoms with Gasteiger partial charge >= 0.3 is 0 Å². The summed E-state index contributed by atoms with van der Waals surface area (Å²) in [6, 6.07) is 16.9. The molecule has 2 aromatic carbocycles. The molecule has 0 N–H and O–H groups in total. The topological polar surface area (TPSA) is 18.8 Å². The van der Waals surface area contributed by atoms with Gasteiger partial charge in [-0.2, -0.15) is 5.10 Å². The predicted octanol–water partition coefficient (Wildman–Crippen LogP) is 2.98. The predicted molar refractivity (Wildman–Crippen MR) is 87.3 cm³/mol. The van der Waals surface area contributed by atoms with Gasteiger partial charge in [-0.05, 0) is 23.3 Å². The van der Waals surface area contributed by atoms with Gasteiger partial charge in [-0.1, -0.05) is 42.5 Å². The van der Waals surface area contributed by atoms with Crippen LogP contribution in [0.1, 0.15) is 11.1 Å². The second-order valence-electron chi connectivity index (χ2n) is 5.51. The first-order chi connectivity index (χ1) is 10.8. The Morgan fingerprint density at radius 2 is 1.59 bits per heavy atom. The largest absolute Gasteiger partial charge is 0.295 e. The molecule has 1 fully saturated rings. The molecular formula is C18H20FN3. The minimum atomic E-state index is -0.216. The summed E-state index contributed by atoms with van der Waals surface area (Å²) >= 11 is 0. The molecule has 0 spiro atoms. The number of halogens is 1. The molecule has 3 rings (SSSR count). The van der Waals surface area contributed by atoms with Crippen molar-refractivity contribution in [1.82, 2.24) is 9.91 Å². The third-order valence-corrected chi connectivity index (χ3v) is 3.84. The zero-order chi connectivity index (χ0) is 15.2. The van der Waals surface area contributed by atoms with E-state index in [9.17, 15) is 4.39 Å². The van der Waals surface area contributed by atoms with E-state index in [4.69, 9.17) is 0 Å². The molecule has 4 heteroatoms. The zero-order valence-electron chi connectivity index (χ0n) is 12.5. The lowest BCUT2D eigenvalue weighted by Crippen LogP contribution is -2.43. The van der Waals surface area contributed by atoms with Gasteiger partial charge < -0.3 is 0 Å². The van der Waals surface area contributed by atoms with Crippen LogP contribution >= 0.6 is 0 Å². The quantitative estimate of drug-likeness (QED) is 0.808. The van der Waals surface area contributed by atoms with E-state index in [1.807, 2.05) is 6.07 Å². The maximum absolute atomic E-state index is 12.8. The van der Waals surface area contributed by atoms with Crippen LogP contribution < -0.4 is 0 Å². The van der Waals surface area contributed by atoms with Crippen molar-refractivity contribution in [2.45, 2.75) is 6.54 Å². The van der Waals surface area contributed by atoms with Crippen molar-refractivity contribution < 1.29 is 4.39 Å². The summed E-state index contributed by atoms with van der Waals surface area (Å²) in [4.78, 5) is 2.44. The van der Waals surface area contributed by atoms with Crippen LogP contribution in [-0.2, 0) is 6.54 Å². The first kappa shape index (κ1) is 14.7.